The highest BCUT2D eigenvalue weighted by molar-refractivity contribution is 7.12. The molecule has 0 aliphatic heterocycles. The first-order chi connectivity index (χ1) is 11.2. The zero-order chi connectivity index (χ0) is 16.2. The molecule has 0 bridgehead atoms. The Bertz CT molecular complexity index is 808. The van der Waals surface area contributed by atoms with Crippen LogP contribution in [0.15, 0.2) is 40.2 Å². The number of aryl methyl sites for hydroxylation is 1. The third-order valence-corrected chi connectivity index (χ3v) is 4.18. The van der Waals surface area contributed by atoms with Gasteiger partial charge in [-0.1, -0.05) is 5.16 Å². The number of carbonyl (C=O) groups excluding carboxylic acids is 1. The van der Waals surface area contributed by atoms with Crippen LogP contribution >= 0.6 is 11.3 Å². The zero-order valence-corrected chi connectivity index (χ0v) is 13.4. The van der Waals surface area contributed by atoms with Crippen molar-refractivity contribution in [1.29, 1.82) is 0 Å². The van der Waals surface area contributed by atoms with E-state index in [9.17, 15) is 4.79 Å². The predicted octanol–water partition coefficient (Wildman–Crippen LogP) is 3.47. The van der Waals surface area contributed by atoms with E-state index in [0.29, 0.717) is 16.6 Å². The minimum atomic E-state index is -0.381. The molecule has 0 fully saturated rings. The molecule has 0 saturated carbocycles. The smallest absolute Gasteiger partial charge is 0.349 e. The summed E-state index contributed by atoms with van der Waals surface area (Å²) in [4.78, 5) is 16.7. The van der Waals surface area contributed by atoms with Gasteiger partial charge in [0.05, 0.1) is 7.11 Å². The van der Waals surface area contributed by atoms with E-state index in [4.69, 9.17) is 14.0 Å². The highest BCUT2D eigenvalue weighted by Gasteiger charge is 2.15. The van der Waals surface area contributed by atoms with Crippen molar-refractivity contribution in [3.05, 3.63) is 52.0 Å². The normalized spacial score (nSPS) is 10.5. The van der Waals surface area contributed by atoms with E-state index in [2.05, 4.69) is 10.1 Å². The van der Waals surface area contributed by atoms with Gasteiger partial charge in [-0.2, -0.15) is 4.98 Å². The number of nitrogens with zero attached hydrogens (tertiary/aromatic N) is 2. The van der Waals surface area contributed by atoms with Gasteiger partial charge in [0.25, 0.3) is 5.89 Å². The number of benzene rings is 1. The van der Waals surface area contributed by atoms with Crippen molar-refractivity contribution >= 4 is 17.3 Å². The summed E-state index contributed by atoms with van der Waals surface area (Å²) in [5, 5.41) is 5.67. The fourth-order valence-corrected chi connectivity index (χ4v) is 2.76. The maximum atomic E-state index is 11.9. The summed E-state index contributed by atoms with van der Waals surface area (Å²) in [6.07, 6.45) is 0. The number of methoxy groups -OCH3 is 1. The van der Waals surface area contributed by atoms with Gasteiger partial charge in [-0.05, 0) is 48.2 Å². The molecule has 0 aliphatic rings. The zero-order valence-electron chi connectivity index (χ0n) is 12.6. The average molecular weight is 330 g/mol. The quantitative estimate of drug-likeness (QED) is 0.667. The minimum absolute atomic E-state index is 0.0319. The summed E-state index contributed by atoms with van der Waals surface area (Å²) in [6, 6.07) is 9.11. The molecule has 0 aliphatic carbocycles. The van der Waals surface area contributed by atoms with E-state index < -0.39 is 0 Å². The number of esters is 1. The van der Waals surface area contributed by atoms with Gasteiger partial charge in [0.15, 0.2) is 6.61 Å². The topological polar surface area (TPSA) is 74.5 Å². The van der Waals surface area contributed by atoms with Crippen molar-refractivity contribution in [3.63, 3.8) is 0 Å². The fourth-order valence-electron chi connectivity index (χ4n) is 1.94. The molecular weight excluding hydrogens is 316 g/mol. The molecule has 0 spiro atoms. The van der Waals surface area contributed by atoms with Gasteiger partial charge in [-0.3, -0.25) is 0 Å². The molecule has 7 heteroatoms. The largest absolute Gasteiger partial charge is 0.497 e. The van der Waals surface area contributed by atoms with E-state index in [0.717, 1.165) is 16.9 Å². The standard InChI is InChI=1S/C16H14N2O4S/c1-10-7-8-23-14(10)16(19)21-9-13-17-15(22-18-13)11-3-5-12(20-2)6-4-11/h3-8H,9H2,1-2H3. The molecule has 2 heterocycles. The van der Waals surface area contributed by atoms with E-state index in [1.54, 1.807) is 19.2 Å². The van der Waals surface area contributed by atoms with Crippen molar-refractivity contribution in [3.8, 4) is 17.2 Å². The average Bonchev–Trinajstić information content (AvgIpc) is 3.22. The van der Waals surface area contributed by atoms with Crippen molar-refractivity contribution in [1.82, 2.24) is 10.1 Å². The first-order valence-corrected chi connectivity index (χ1v) is 7.73. The Morgan fingerprint density at radius 3 is 2.70 bits per heavy atom. The molecule has 0 unspecified atom stereocenters. The second-order valence-corrected chi connectivity index (χ2v) is 5.67. The van der Waals surface area contributed by atoms with Crippen LogP contribution < -0.4 is 4.74 Å². The van der Waals surface area contributed by atoms with E-state index in [1.165, 1.54) is 11.3 Å². The third kappa shape index (κ3) is 3.40. The Hall–Kier alpha value is -2.67. The van der Waals surface area contributed by atoms with Crippen LogP contribution in [0.3, 0.4) is 0 Å². The van der Waals surface area contributed by atoms with Crippen LogP contribution in [0.2, 0.25) is 0 Å². The number of thiophene rings is 1. The maximum absolute atomic E-state index is 11.9. The van der Waals surface area contributed by atoms with Crippen molar-refractivity contribution < 1.29 is 18.8 Å². The Morgan fingerprint density at radius 1 is 1.26 bits per heavy atom. The lowest BCUT2D eigenvalue weighted by molar-refractivity contribution is 0.0465. The molecule has 6 nitrogen and oxygen atoms in total. The van der Waals surface area contributed by atoms with Crippen LogP contribution in [0.4, 0.5) is 0 Å². The first-order valence-electron chi connectivity index (χ1n) is 6.85. The summed E-state index contributed by atoms with van der Waals surface area (Å²) < 4.78 is 15.5. The molecule has 1 aromatic carbocycles. The van der Waals surface area contributed by atoms with Crippen LogP contribution in [-0.2, 0) is 11.3 Å². The summed E-state index contributed by atoms with van der Waals surface area (Å²) >= 11 is 1.35. The Balaban J connectivity index is 1.65. The fraction of sp³-hybridized carbons (Fsp3) is 0.188. The molecule has 0 radical (unpaired) electrons. The lowest BCUT2D eigenvalue weighted by Crippen LogP contribution is -2.05. The van der Waals surface area contributed by atoms with Crippen LogP contribution in [0.25, 0.3) is 11.5 Å². The van der Waals surface area contributed by atoms with Gasteiger partial charge in [-0.25, -0.2) is 4.79 Å². The minimum Gasteiger partial charge on any atom is -0.497 e. The van der Waals surface area contributed by atoms with Gasteiger partial charge < -0.3 is 14.0 Å². The first kappa shape index (κ1) is 15.2. The second kappa shape index (κ2) is 6.62. The van der Waals surface area contributed by atoms with Crippen LogP contribution in [0, 0.1) is 6.92 Å². The summed E-state index contributed by atoms with van der Waals surface area (Å²) in [5.74, 6) is 1.05. The molecule has 2 aromatic heterocycles. The number of hydrogen-bond acceptors (Lipinski definition) is 7. The number of ether oxygens (including phenoxy) is 2. The molecule has 0 N–H and O–H groups in total. The van der Waals surface area contributed by atoms with Gasteiger partial charge in [0.1, 0.15) is 10.6 Å². The summed E-state index contributed by atoms with van der Waals surface area (Å²) in [5.41, 5.74) is 1.66. The highest BCUT2D eigenvalue weighted by atomic mass is 32.1. The van der Waals surface area contributed by atoms with Crippen molar-refractivity contribution in [2.24, 2.45) is 0 Å². The van der Waals surface area contributed by atoms with Crippen LogP contribution in [0.1, 0.15) is 21.1 Å². The third-order valence-electron chi connectivity index (χ3n) is 3.18. The summed E-state index contributed by atoms with van der Waals surface area (Å²) in [6.45, 7) is 1.83. The predicted molar refractivity (Wildman–Crippen MR) is 84.5 cm³/mol. The van der Waals surface area contributed by atoms with Crippen LogP contribution in [0.5, 0.6) is 5.75 Å². The van der Waals surface area contributed by atoms with Gasteiger partial charge in [0, 0.05) is 5.56 Å². The van der Waals surface area contributed by atoms with Crippen molar-refractivity contribution in [2.75, 3.05) is 7.11 Å². The summed E-state index contributed by atoms with van der Waals surface area (Å²) in [7, 11) is 1.60. The second-order valence-electron chi connectivity index (χ2n) is 4.75. The molecular formula is C16H14N2O4S. The number of hydrogen-bond donors (Lipinski definition) is 0. The number of rotatable bonds is 5. The number of carbonyl (C=O) groups is 1. The Labute approximate surface area is 136 Å². The van der Waals surface area contributed by atoms with Crippen molar-refractivity contribution in [2.45, 2.75) is 13.5 Å². The van der Waals surface area contributed by atoms with Gasteiger partial charge >= 0.3 is 5.97 Å². The van der Waals surface area contributed by atoms with E-state index in [1.807, 2.05) is 30.5 Å². The van der Waals surface area contributed by atoms with Gasteiger partial charge in [-0.15, -0.1) is 11.3 Å². The van der Waals surface area contributed by atoms with E-state index >= 15 is 0 Å². The highest BCUT2D eigenvalue weighted by Crippen LogP contribution is 2.21. The van der Waals surface area contributed by atoms with E-state index in [-0.39, 0.29) is 12.6 Å². The number of aromatic nitrogens is 2. The van der Waals surface area contributed by atoms with Gasteiger partial charge in [0.2, 0.25) is 5.82 Å². The molecule has 0 amide bonds. The molecule has 118 valence electrons. The SMILES string of the molecule is COc1ccc(-c2nc(COC(=O)c3sccc3C)no2)cc1. The lowest BCUT2D eigenvalue weighted by atomic mass is 10.2. The van der Waals surface area contributed by atoms with Crippen LogP contribution in [-0.4, -0.2) is 23.2 Å². The molecule has 0 saturated heterocycles. The molecule has 3 aromatic rings. The molecule has 3 rings (SSSR count). The monoisotopic (exact) mass is 330 g/mol. The maximum Gasteiger partial charge on any atom is 0.349 e. The lowest BCUT2D eigenvalue weighted by Gasteiger charge is -2.00. The molecule has 23 heavy (non-hydrogen) atoms. The molecule has 0 atom stereocenters. The Kier molecular flexibility index (Phi) is 4.38. The Morgan fingerprint density at radius 2 is 2.04 bits per heavy atom.